The molecule has 0 spiro atoms. The highest BCUT2D eigenvalue weighted by Crippen LogP contribution is 2.18. The molecule has 10 N–H and O–H groups in total. The van der Waals surface area contributed by atoms with Gasteiger partial charge in [-0.05, 0) is 56.1 Å². The summed E-state index contributed by atoms with van der Waals surface area (Å²) in [4.78, 5) is 127. The lowest BCUT2D eigenvalue weighted by atomic mass is 10.0. The van der Waals surface area contributed by atoms with Crippen LogP contribution in [0.5, 0.6) is 0 Å². The van der Waals surface area contributed by atoms with Crippen molar-refractivity contribution in [2.45, 2.75) is 134 Å². The molecule has 26 nitrogen and oxygen atoms in total. The number of rotatable bonds is 34. The van der Waals surface area contributed by atoms with Crippen LogP contribution in [0, 0.1) is 0 Å². The van der Waals surface area contributed by atoms with Gasteiger partial charge in [0, 0.05) is 90.0 Å². The summed E-state index contributed by atoms with van der Waals surface area (Å²) in [6.07, 6.45) is 6.98. The summed E-state index contributed by atoms with van der Waals surface area (Å²) in [7, 11) is 0. The second-order valence-corrected chi connectivity index (χ2v) is 19.7. The van der Waals surface area contributed by atoms with Crippen molar-refractivity contribution in [2.75, 3.05) is 78.5 Å². The molecule has 0 saturated carbocycles. The van der Waals surface area contributed by atoms with E-state index in [1.54, 1.807) is 19.6 Å². The number of aromatic nitrogens is 3. The molecule has 0 bridgehead atoms. The van der Waals surface area contributed by atoms with Gasteiger partial charge in [0.15, 0.2) is 0 Å². The van der Waals surface area contributed by atoms with E-state index in [0.29, 0.717) is 69.0 Å². The van der Waals surface area contributed by atoms with Gasteiger partial charge in [-0.15, -0.1) is 0 Å². The summed E-state index contributed by atoms with van der Waals surface area (Å²) >= 11 is 0. The maximum Gasteiger partial charge on any atom is 0.326 e. The Morgan fingerprint density at radius 1 is 0.545 bits per heavy atom. The standard InChI is InChI=1S/C51H78N10O16/c1-34(2)48-56-40(12-7-5-3-4-6-8-13-42(62)52-20-10-9-11-38(49(73)74)53-51(77)54-39(50(75)76)18-19-43(63)64)55-41(57-48)28-36-16-14-35(15-17-36)27-37-29-60(32-46(69)70)24-23-58(30-44(65)66)21-22-59(31-45(67)68)25-26-61(37)33-47(71)72/h14-17,34,37-39H,3-13,18-33H2,1-2H3,(H,52,62)(H,63,64)(H,65,66)(H,67,68)(H,69,70)(H,71,72)(H,73,74)(H,75,76)(H2,53,54,77)/t37?,38-,39-/m0/s1. The van der Waals surface area contributed by atoms with E-state index in [0.717, 1.165) is 43.2 Å². The van der Waals surface area contributed by atoms with Crippen LogP contribution in [0.15, 0.2) is 24.3 Å². The zero-order chi connectivity index (χ0) is 56.9. The van der Waals surface area contributed by atoms with Crippen LogP contribution in [0.25, 0.3) is 0 Å². The molecule has 26 heteroatoms. The number of hydrogen-bond donors (Lipinski definition) is 10. The van der Waals surface area contributed by atoms with Crippen LogP contribution in [-0.2, 0) is 57.6 Å². The molecule has 2 aromatic rings. The number of unbranched alkanes of at least 4 members (excludes halogenated alkanes) is 6. The fourth-order valence-corrected chi connectivity index (χ4v) is 8.75. The van der Waals surface area contributed by atoms with Crippen molar-refractivity contribution < 1.29 is 78.9 Å². The van der Waals surface area contributed by atoms with Crippen LogP contribution in [0.3, 0.4) is 0 Å². The van der Waals surface area contributed by atoms with Crippen molar-refractivity contribution in [3.63, 3.8) is 0 Å². The number of aryl methyl sites for hydroxylation is 1. The lowest BCUT2D eigenvalue weighted by Crippen LogP contribution is -2.53. The number of aliphatic carboxylic acids is 7. The minimum atomic E-state index is -1.50. The van der Waals surface area contributed by atoms with E-state index in [9.17, 15) is 73.8 Å². The molecule has 3 atom stereocenters. The predicted octanol–water partition coefficient (Wildman–Crippen LogP) is 1.69. The van der Waals surface area contributed by atoms with Gasteiger partial charge in [0.1, 0.15) is 29.6 Å². The largest absolute Gasteiger partial charge is 0.481 e. The number of carbonyl (C=O) groups excluding carboxylic acids is 2. The third-order valence-electron chi connectivity index (χ3n) is 12.8. The molecule has 3 rings (SSSR count). The van der Waals surface area contributed by atoms with Crippen LogP contribution >= 0.6 is 0 Å². The van der Waals surface area contributed by atoms with Gasteiger partial charge in [-0.1, -0.05) is 63.8 Å². The van der Waals surface area contributed by atoms with Crippen LogP contribution in [0.1, 0.15) is 125 Å². The Kier molecular flexibility index (Phi) is 29.0. The molecule has 3 amide bonds. The van der Waals surface area contributed by atoms with Gasteiger partial charge in [-0.2, -0.15) is 0 Å². The molecular weight excluding hydrogens is 1010 g/mol. The number of carbonyl (C=O) groups is 9. The number of nitrogens with one attached hydrogen (secondary N) is 3. The Hall–Kier alpha value is -6.90. The molecule has 428 valence electrons. The number of carboxylic acid groups (broad SMARTS) is 7. The van der Waals surface area contributed by atoms with Crippen LogP contribution < -0.4 is 16.0 Å². The van der Waals surface area contributed by atoms with E-state index in [-0.39, 0.29) is 96.7 Å². The zero-order valence-electron chi connectivity index (χ0n) is 44.1. The SMILES string of the molecule is CC(C)c1nc(CCCCCCCCC(=O)NCCCC[C@H](NC(=O)N[C@@H](CCC(=O)O)C(=O)O)C(=O)O)nc(Cc2ccc(CC3CN(CC(=O)O)CCN(CC(=O)O)CCN(CC(=O)O)CCN3CC(=O)O)cc2)n1. The first-order chi connectivity index (χ1) is 36.6. The Morgan fingerprint density at radius 2 is 1.05 bits per heavy atom. The van der Waals surface area contributed by atoms with Crippen molar-refractivity contribution in [3.05, 3.63) is 52.9 Å². The van der Waals surface area contributed by atoms with Gasteiger partial charge >= 0.3 is 47.8 Å². The first-order valence-corrected chi connectivity index (χ1v) is 26.2. The summed E-state index contributed by atoms with van der Waals surface area (Å²) in [5, 5.41) is 73.5. The summed E-state index contributed by atoms with van der Waals surface area (Å²) in [5.41, 5.74) is 1.79. The Morgan fingerprint density at radius 3 is 1.61 bits per heavy atom. The molecule has 2 heterocycles. The third kappa shape index (κ3) is 27.6. The van der Waals surface area contributed by atoms with E-state index in [4.69, 9.17) is 20.1 Å². The number of nitrogens with zero attached hydrogens (tertiary/aromatic N) is 7. The van der Waals surface area contributed by atoms with Gasteiger partial charge < -0.3 is 51.7 Å². The van der Waals surface area contributed by atoms with E-state index in [2.05, 4.69) is 16.0 Å². The lowest BCUT2D eigenvalue weighted by Gasteiger charge is -2.37. The van der Waals surface area contributed by atoms with Crippen molar-refractivity contribution in [3.8, 4) is 0 Å². The molecule has 1 fully saturated rings. The normalized spacial score (nSPS) is 16.1. The van der Waals surface area contributed by atoms with E-state index < -0.39 is 72.4 Å². The Bertz CT molecular complexity index is 2250. The fraction of sp³-hybridized carbons (Fsp3) is 0.647. The molecule has 1 aliphatic rings. The summed E-state index contributed by atoms with van der Waals surface area (Å²) in [6, 6.07) is 3.41. The quantitative estimate of drug-likeness (QED) is 0.0446. The second-order valence-electron chi connectivity index (χ2n) is 19.7. The molecule has 0 radical (unpaired) electrons. The Labute approximate surface area is 447 Å². The molecule has 0 aliphatic carbocycles. The van der Waals surface area contributed by atoms with E-state index in [1.807, 2.05) is 38.1 Å². The lowest BCUT2D eigenvalue weighted by molar-refractivity contribution is -0.142. The fourth-order valence-electron chi connectivity index (χ4n) is 8.75. The molecule has 1 aromatic carbocycles. The summed E-state index contributed by atoms with van der Waals surface area (Å²) in [6.45, 7) is 4.35. The van der Waals surface area contributed by atoms with E-state index >= 15 is 0 Å². The maximum absolute atomic E-state index is 12.4. The summed E-state index contributed by atoms with van der Waals surface area (Å²) < 4.78 is 0. The van der Waals surface area contributed by atoms with Crippen LogP contribution in [-0.4, -0.2) is 221 Å². The monoisotopic (exact) mass is 1090 g/mol. The van der Waals surface area contributed by atoms with Gasteiger partial charge in [-0.25, -0.2) is 29.3 Å². The number of benzene rings is 1. The average Bonchev–Trinajstić information content (AvgIpc) is 3.34. The topological polar surface area (TPSA) is 383 Å². The van der Waals surface area contributed by atoms with Gasteiger partial charge in [0.2, 0.25) is 5.91 Å². The molecular formula is C51H78N10O16. The predicted molar refractivity (Wildman–Crippen MR) is 276 cm³/mol. The minimum absolute atomic E-state index is 0.0285. The number of hydrogen-bond acceptors (Lipinski definition) is 16. The van der Waals surface area contributed by atoms with E-state index in [1.165, 1.54) is 0 Å². The summed E-state index contributed by atoms with van der Waals surface area (Å²) in [5.74, 6) is -6.39. The molecule has 77 heavy (non-hydrogen) atoms. The number of urea groups is 1. The number of amides is 3. The van der Waals surface area contributed by atoms with Crippen LogP contribution in [0.2, 0.25) is 0 Å². The molecule has 1 aromatic heterocycles. The highest BCUT2D eigenvalue weighted by molar-refractivity contribution is 5.86. The number of carboxylic acids is 7. The minimum Gasteiger partial charge on any atom is -0.481 e. The van der Waals surface area contributed by atoms with Gasteiger partial charge in [0.25, 0.3) is 0 Å². The first-order valence-electron chi connectivity index (χ1n) is 26.2. The average molecular weight is 1090 g/mol. The van der Waals surface area contributed by atoms with Gasteiger partial charge in [0.05, 0.1) is 26.2 Å². The van der Waals surface area contributed by atoms with Crippen molar-refractivity contribution >= 4 is 53.7 Å². The third-order valence-corrected chi connectivity index (χ3v) is 12.8. The smallest absolute Gasteiger partial charge is 0.326 e. The molecule has 1 saturated heterocycles. The maximum atomic E-state index is 12.4. The first kappa shape index (κ1) is 64.4. The molecule has 1 unspecified atom stereocenters. The van der Waals surface area contributed by atoms with Crippen LogP contribution in [0.4, 0.5) is 4.79 Å². The highest BCUT2D eigenvalue weighted by atomic mass is 16.4. The second kappa shape index (κ2) is 34.7. The molecule has 1 aliphatic heterocycles. The van der Waals surface area contributed by atoms with Crippen molar-refractivity contribution in [1.29, 1.82) is 0 Å². The van der Waals surface area contributed by atoms with Crippen molar-refractivity contribution in [1.82, 2.24) is 50.5 Å². The van der Waals surface area contributed by atoms with Crippen molar-refractivity contribution in [2.24, 2.45) is 0 Å². The highest BCUT2D eigenvalue weighted by Gasteiger charge is 2.29. The zero-order valence-corrected chi connectivity index (χ0v) is 44.1. The van der Waals surface area contributed by atoms with Gasteiger partial charge in [-0.3, -0.25) is 48.4 Å². The Balaban J connectivity index is 1.50.